The average molecular weight is 618 g/mol. The van der Waals surface area contributed by atoms with Crippen molar-refractivity contribution in [1.82, 2.24) is 5.32 Å². The Bertz CT molecular complexity index is 1590. The maximum absolute atomic E-state index is 13.6. The Morgan fingerprint density at radius 1 is 1.02 bits per heavy atom. The zero-order valence-electron chi connectivity index (χ0n) is 22.7. The number of alkyl halides is 6. The van der Waals surface area contributed by atoms with Gasteiger partial charge in [-0.25, -0.2) is 0 Å². The first kappa shape index (κ1) is 31.9. The minimum atomic E-state index is -4.71. The van der Waals surface area contributed by atoms with Crippen molar-refractivity contribution in [3.63, 3.8) is 0 Å². The quantitative estimate of drug-likeness (QED) is 0.293. The summed E-state index contributed by atoms with van der Waals surface area (Å²) in [5.41, 5.74) is 4.77. The number of carbonyl (C=O) groups is 3. The maximum Gasteiger partial charge on any atom is 0.416 e. The van der Waals surface area contributed by atoms with Gasteiger partial charge in [-0.15, -0.1) is 0 Å². The molecule has 3 aromatic rings. The van der Waals surface area contributed by atoms with Crippen molar-refractivity contribution in [2.75, 3.05) is 16.8 Å². The van der Waals surface area contributed by atoms with Gasteiger partial charge in [-0.2, -0.15) is 31.6 Å². The van der Waals surface area contributed by atoms with E-state index in [1.54, 1.807) is 6.07 Å². The first-order valence-corrected chi connectivity index (χ1v) is 13.2. The standard InChI is InChI=1S/C30H25F6N5O3/c31-29(32,33)13-12-21(24(26(38)42)17-6-2-1-3-7-17)27(43)39-22-16-41(20-10-5-9-19(14-20)30(34,35)36)23-11-4-8-18(15-37)25(23)40-28(22)44/h1-11,14,21-22,24H,12-13,16H2,(H2,38,42)(H,39,43)(H,40,44). The van der Waals surface area contributed by atoms with Crippen LogP contribution in [-0.2, 0) is 20.6 Å². The van der Waals surface area contributed by atoms with Gasteiger partial charge in [0, 0.05) is 12.1 Å². The van der Waals surface area contributed by atoms with Gasteiger partial charge >= 0.3 is 12.4 Å². The summed E-state index contributed by atoms with van der Waals surface area (Å²) < 4.78 is 80.5. The van der Waals surface area contributed by atoms with Crippen molar-refractivity contribution in [3.05, 3.63) is 89.5 Å². The third-order valence-corrected chi connectivity index (χ3v) is 7.13. The van der Waals surface area contributed by atoms with E-state index in [2.05, 4.69) is 10.6 Å². The predicted octanol–water partition coefficient (Wildman–Crippen LogP) is 5.38. The number of hydrogen-bond acceptors (Lipinski definition) is 5. The van der Waals surface area contributed by atoms with Crippen LogP contribution in [0.3, 0.4) is 0 Å². The molecule has 1 heterocycles. The normalized spacial score (nSPS) is 16.5. The number of para-hydroxylation sites is 1. The number of halogens is 6. The van der Waals surface area contributed by atoms with Crippen LogP contribution in [0.25, 0.3) is 0 Å². The third-order valence-electron chi connectivity index (χ3n) is 7.13. The van der Waals surface area contributed by atoms with Crippen LogP contribution in [0.1, 0.15) is 35.4 Å². The molecule has 230 valence electrons. The molecule has 4 rings (SSSR count). The fourth-order valence-electron chi connectivity index (χ4n) is 5.07. The lowest BCUT2D eigenvalue weighted by molar-refractivity contribution is -0.144. The Labute approximate surface area is 247 Å². The molecule has 0 fully saturated rings. The van der Waals surface area contributed by atoms with Crippen LogP contribution in [0, 0.1) is 17.2 Å². The van der Waals surface area contributed by atoms with E-state index < -0.39 is 72.9 Å². The molecule has 0 bridgehead atoms. The Balaban J connectivity index is 1.75. The smallest absolute Gasteiger partial charge is 0.369 e. The van der Waals surface area contributed by atoms with E-state index in [4.69, 9.17) is 5.73 Å². The molecular formula is C30H25F6N5O3. The molecule has 3 unspecified atom stereocenters. The summed E-state index contributed by atoms with van der Waals surface area (Å²) in [4.78, 5) is 40.8. The number of nitrogens with one attached hydrogen (secondary N) is 2. The fraction of sp³-hybridized carbons (Fsp3) is 0.267. The summed E-state index contributed by atoms with van der Waals surface area (Å²) in [6.45, 7) is -0.473. The number of nitrogens with two attached hydrogens (primary N) is 1. The molecular weight excluding hydrogens is 592 g/mol. The number of primary amides is 1. The SMILES string of the molecule is N#Cc1cccc2c1NC(=O)C(NC(=O)C(CCC(F)(F)F)C(C(N)=O)c1ccccc1)CN2c1cccc(C(F)(F)F)c1. The van der Waals surface area contributed by atoms with Gasteiger partial charge in [0.25, 0.3) is 0 Å². The van der Waals surface area contributed by atoms with E-state index in [0.29, 0.717) is 0 Å². The summed E-state index contributed by atoms with van der Waals surface area (Å²) in [6, 6.07) is 16.2. The molecule has 44 heavy (non-hydrogen) atoms. The number of fused-ring (bicyclic) bond motifs is 1. The lowest BCUT2D eigenvalue weighted by Crippen LogP contribution is -2.51. The number of carbonyl (C=O) groups excluding carboxylic acids is 3. The fourth-order valence-corrected chi connectivity index (χ4v) is 5.07. The lowest BCUT2D eigenvalue weighted by Gasteiger charge is -2.30. The van der Waals surface area contributed by atoms with Gasteiger partial charge in [0.2, 0.25) is 17.7 Å². The molecule has 0 saturated carbocycles. The van der Waals surface area contributed by atoms with Gasteiger partial charge in [-0.1, -0.05) is 42.5 Å². The molecule has 1 aliphatic rings. The summed E-state index contributed by atoms with van der Waals surface area (Å²) >= 11 is 0. The maximum atomic E-state index is 13.6. The van der Waals surface area contributed by atoms with Crippen molar-refractivity contribution in [2.24, 2.45) is 11.7 Å². The summed E-state index contributed by atoms with van der Waals surface area (Å²) in [5, 5.41) is 14.5. The van der Waals surface area contributed by atoms with E-state index in [0.717, 1.165) is 18.2 Å². The summed E-state index contributed by atoms with van der Waals surface area (Å²) in [5.74, 6) is -6.21. The number of nitrogens with zero attached hydrogens (tertiary/aromatic N) is 2. The number of amides is 3. The van der Waals surface area contributed by atoms with Gasteiger partial charge in [0.05, 0.1) is 40.9 Å². The molecule has 8 nitrogen and oxygen atoms in total. The largest absolute Gasteiger partial charge is 0.416 e. The Kier molecular flexibility index (Phi) is 9.17. The number of hydrogen-bond donors (Lipinski definition) is 3. The van der Waals surface area contributed by atoms with Gasteiger partial charge in [0.15, 0.2) is 0 Å². The van der Waals surface area contributed by atoms with Crippen molar-refractivity contribution in [3.8, 4) is 6.07 Å². The molecule has 0 spiro atoms. The minimum Gasteiger partial charge on any atom is -0.369 e. The molecule has 1 aliphatic heterocycles. The molecule has 0 saturated heterocycles. The zero-order chi connectivity index (χ0) is 32.2. The molecule has 4 N–H and O–H groups in total. The Morgan fingerprint density at radius 3 is 2.32 bits per heavy atom. The highest BCUT2D eigenvalue weighted by atomic mass is 19.4. The van der Waals surface area contributed by atoms with Crippen molar-refractivity contribution in [2.45, 2.75) is 37.2 Å². The average Bonchev–Trinajstić information content (AvgIpc) is 3.10. The molecule has 3 aromatic carbocycles. The van der Waals surface area contributed by atoms with Gasteiger partial charge in [0.1, 0.15) is 12.1 Å². The van der Waals surface area contributed by atoms with E-state index in [1.807, 2.05) is 6.07 Å². The molecule has 14 heteroatoms. The van der Waals surface area contributed by atoms with Gasteiger partial charge in [-0.3, -0.25) is 14.4 Å². The topological polar surface area (TPSA) is 128 Å². The minimum absolute atomic E-state index is 0.0271. The second kappa shape index (κ2) is 12.7. The molecule has 3 atom stereocenters. The van der Waals surface area contributed by atoms with E-state index in [9.17, 15) is 46.0 Å². The second-order valence-electron chi connectivity index (χ2n) is 10.1. The highest BCUT2D eigenvalue weighted by molar-refractivity contribution is 6.04. The van der Waals surface area contributed by atoms with E-state index in [1.165, 1.54) is 53.4 Å². The monoisotopic (exact) mass is 617 g/mol. The van der Waals surface area contributed by atoms with E-state index in [-0.39, 0.29) is 28.2 Å². The number of rotatable bonds is 8. The Hall–Kier alpha value is -5.06. The summed E-state index contributed by atoms with van der Waals surface area (Å²) in [7, 11) is 0. The lowest BCUT2D eigenvalue weighted by atomic mass is 9.81. The highest BCUT2D eigenvalue weighted by Gasteiger charge is 2.40. The van der Waals surface area contributed by atoms with E-state index >= 15 is 0 Å². The van der Waals surface area contributed by atoms with Gasteiger partial charge in [-0.05, 0) is 42.3 Å². The Morgan fingerprint density at radius 2 is 1.70 bits per heavy atom. The number of benzene rings is 3. The van der Waals surface area contributed by atoms with Crippen LogP contribution in [0.15, 0.2) is 72.8 Å². The first-order chi connectivity index (χ1) is 20.7. The van der Waals surface area contributed by atoms with Crippen molar-refractivity contribution >= 4 is 34.8 Å². The van der Waals surface area contributed by atoms with Crippen LogP contribution in [0.2, 0.25) is 0 Å². The molecule has 0 radical (unpaired) electrons. The van der Waals surface area contributed by atoms with Crippen LogP contribution in [-0.4, -0.2) is 36.5 Å². The third kappa shape index (κ3) is 7.28. The molecule has 3 amide bonds. The molecule has 0 aromatic heterocycles. The van der Waals surface area contributed by atoms with Crippen molar-refractivity contribution < 1.29 is 40.7 Å². The summed E-state index contributed by atoms with van der Waals surface area (Å²) in [6.07, 6.45) is -11.7. The molecule has 0 aliphatic carbocycles. The highest BCUT2D eigenvalue weighted by Crippen LogP contribution is 2.39. The van der Waals surface area contributed by atoms with Crippen LogP contribution < -0.4 is 21.3 Å². The zero-order valence-corrected chi connectivity index (χ0v) is 22.7. The van der Waals surface area contributed by atoms with Gasteiger partial charge < -0.3 is 21.3 Å². The van der Waals surface area contributed by atoms with Crippen molar-refractivity contribution in [1.29, 1.82) is 5.26 Å². The second-order valence-corrected chi connectivity index (χ2v) is 10.1. The van der Waals surface area contributed by atoms with Crippen LogP contribution in [0.4, 0.5) is 43.4 Å². The van der Waals surface area contributed by atoms with Crippen LogP contribution >= 0.6 is 0 Å². The van der Waals surface area contributed by atoms with Crippen LogP contribution in [0.5, 0.6) is 0 Å². The first-order valence-electron chi connectivity index (χ1n) is 13.2. The predicted molar refractivity (Wildman–Crippen MR) is 147 cm³/mol. The number of anilines is 3. The number of nitriles is 1.